The van der Waals surface area contributed by atoms with Gasteiger partial charge >= 0.3 is 0 Å². The predicted octanol–water partition coefficient (Wildman–Crippen LogP) is 2.09. The quantitative estimate of drug-likeness (QED) is 0.844. The Morgan fingerprint density at radius 3 is 2.69 bits per heavy atom. The molecule has 0 fully saturated rings. The van der Waals surface area contributed by atoms with E-state index in [1.54, 1.807) is 9.91 Å². The molecule has 7 heteroatoms. The molecule has 1 atom stereocenters. The van der Waals surface area contributed by atoms with Crippen LogP contribution in [0.15, 0.2) is 53.6 Å². The molecule has 2 aromatic carbocycles. The third-order valence-electron chi connectivity index (χ3n) is 5.29. The van der Waals surface area contributed by atoms with Crippen molar-refractivity contribution in [2.45, 2.75) is 32.4 Å². The van der Waals surface area contributed by atoms with Gasteiger partial charge in [0.2, 0.25) is 5.91 Å². The van der Waals surface area contributed by atoms with Crippen LogP contribution in [-0.2, 0) is 22.6 Å². The summed E-state index contributed by atoms with van der Waals surface area (Å²) in [6.45, 7) is 3.66. The van der Waals surface area contributed by atoms with E-state index in [0.717, 1.165) is 23.4 Å². The van der Waals surface area contributed by atoms with Crippen molar-refractivity contribution in [1.29, 1.82) is 0 Å². The first-order valence-corrected chi connectivity index (χ1v) is 9.81. The summed E-state index contributed by atoms with van der Waals surface area (Å²) in [5.74, 6) is 0.163. The number of anilines is 1. The SMILES string of the molecule is CCOc1ccc2c(c1)CN(C(=O)C1=NN(c3ccccc3)C(C(N)=O)C1)CC2. The van der Waals surface area contributed by atoms with E-state index in [1.165, 1.54) is 5.56 Å². The summed E-state index contributed by atoms with van der Waals surface area (Å²) in [4.78, 5) is 26.9. The number of fused-ring (bicyclic) bond motifs is 1. The van der Waals surface area contributed by atoms with Crippen LogP contribution in [0.4, 0.5) is 5.69 Å². The van der Waals surface area contributed by atoms with Crippen molar-refractivity contribution in [1.82, 2.24) is 4.90 Å². The van der Waals surface area contributed by atoms with E-state index in [9.17, 15) is 9.59 Å². The lowest BCUT2D eigenvalue weighted by Crippen LogP contribution is -2.41. The van der Waals surface area contributed by atoms with Crippen LogP contribution in [0.3, 0.4) is 0 Å². The zero-order valence-electron chi connectivity index (χ0n) is 16.4. The number of nitrogens with two attached hydrogens (primary N) is 1. The van der Waals surface area contributed by atoms with Crippen molar-refractivity contribution >= 4 is 23.2 Å². The summed E-state index contributed by atoms with van der Waals surface area (Å²) >= 11 is 0. The summed E-state index contributed by atoms with van der Waals surface area (Å²) in [6.07, 6.45) is 0.994. The molecule has 29 heavy (non-hydrogen) atoms. The van der Waals surface area contributed by atoms with Crippen LogP contribution in [0.5, 0.6) is 5.75 Å². The van der Waals surface area contributed by atoms with E-state index in [4.69, 9.17) is 10.5 Å². The molecule has 0 saturated heterocycles. The average Bonchev–Trinajstić information content (AvgIpc) is 3.19. The zero-order chi connectivity index (χ0) is 20.4. The van der Waals surface area contributed by atoms with Gasteiger partial charge in [0, 0.05) is 19.5 Å². The topological polar surface area (TPSA) is 88.2 Å². The summed E-state index contributed by atoms with van der Waals surface area (Å²) in [7, 11) is 0. The van der Waals surface area contributed by atoms with E-state index in [0.29, 0.717) is 25.4 Å². The van der Waals surface area contributed by atoms with Crippen LogP contribution in [0.2, 0.25) is 0 Å². The van der Waals surface area contributed by atoms with Gasteiger partial charge in [0.05, 0.1) is 12.3 Å². The average molecular weight is 392 g/mol. The first-order chi connectivity index (χ1) is 14.1. The summed E-state index contributed by atoms with van der Waals surface area (Å²) in [5.41, 5.74) is 9.00. The van der Waals surface area contributed by atoms with Gasteiger partial charge in [-0.25, -0.2) is 0 Å². The van der Waals surface area contributed by atoms with Gasteiger partial charge in [-0.2, -0.15) is 5.10 Å². The maximum atomic E-state index is 13.2. The summed E-state index contributed by atoms with van der Waals surface area (Å²) in [5, 5.41) is 6.03. The van der Waals surface area contributed by atoms with E-state index in [2.05, 4.69) is 11.2 Å². The number of amides is 2. The molecule has 0 aromatic heterocycles. The minimum atomic E-state index is -0.655. The number of benzene rings is 2. The Morgan fingerprint density at radius 1 is 1.17 bits per heavy atom. The maximum Gasteiger partial charge on any atom is 0.270 e. The molecule has 0 spiro atoms. The van der Waals surface area contributed by atoms with Gasteiger partial charge in [-0.15, -0.1) is 0 Å². The van der Waals surface area contributed by atoms with Crippen LogP contribution in [0, 0.1) is 0 Å². The number of hydrogen-bond donors (Lipinski definition) is 1. The maximum absolute atomic E-state index is 13.2. The van der Waals surface area contributed by atoms with Crippen molar-refractivity contribution in [3.8, 4) is 5.75 Å². The van der Waals surface area contributed by atoms with E-state index in [1.807, 2.05) is 49.4 Å². The molecule has 0 radical (unpaired) electrons. The number of hydrazone groups is 1. The van der Waals surface area contributed by atoms with Crippen LogP contribution in [-0.4, -0.2) is 41.6 Å². The highest BCUT2D eigenvalue weighted by Gasteiger charge is 2.37. The van der Waals surface area contributed by atoms with Crippen LogP contribution in [0.25, 0.3) is 0 Å². The molecule has 0 saturated carbocycles. The fourth-order valence-corrected chi connectivity index (χ4v) is 3.83. The van der Waals surface area contributed by atoms with E-state index >= 15 is 0 Å². The summed E-state index contributed by atoms with van der Waals surface area (Å²) in [6, 6.07) is 14.7. The standard InChI is InChI=1S/C22H24N4O3/c1-2-29-18-9-8-15-10-11-25(14-16(15)12-18)22(28)19-13-20(21(23)27)26(24-19)17-6-4-3-5-7-17/h3-9,12,20H,2,10-11,13-14H2,1H3,(H2,23,27). The van der Waals surface area contributed by atoms with E-state index < -0.39 is 11.9 Å². The highest BCUT2D eigenvalue weighted by Crippen LogP contribution is 2.27. The first kappa shape index (κ1) is 19.0. The number of para-hydroxylation sites is 1. The Kier molecular flexibility index (Phi) is 5.20. The molecule has 0 aliphatic carbocycles. The molecule has 2 heterocycles. The molecule has 2 amide bonds. The Labute approximate surface area is 169 Å². The minimum Gasteiger partial charge on any atom is -0.494 e. The van der Waals surface area contributed by atoms with Crippen molar-refractivity contribution in [2.75, 3.05) is 18.2 Å². The molecule has 2 aromatic rings. The lowest BCUT2D eigenvalue weighted by molar-refractivity contribution is -0.125. The zero-order valence-corrected chi connectivity index (χ0v) is 16.4. The third-order valence-corrected chi connectivity index (χ3v) is 5.29. The second-order valence-corrected chi connectivity index (χ2v) is 7.19. The van der Waals surface area contributed by atoms with Gasteiger partial charge < -0.3 is 15.4 Å². The Bertz CT molecular complexity index is 958. The van der Waals surface area contributed by atoms with Gasteiger partial charge in [0.25, 0.3) is 5.91 Å². The molecule has 2 N–H and O–H groups in total. The van der Waals surface area contributed by atoms with Crippen molar-refractivity contribution < 1.29 is 14.3 Å². The van der Waals surface area contributed by atoms with Gasteiger partial charge in [-0.1, -0.05) is 24.3 Å². The molecule has 0 bridgehead atoms. The molecule has 2 aliphatic rings. The molecule has 150 valence electrons. The van der Waals surface area contributed by atoms with Gasteiger partial charge in [-0.05, 0) is 48.7 Å². The molecular weight excluding hydrogens is 368 g/mol. The van der Waals surface area contributed by atoms with Crippen LogP contribution >= 0.6 is 0 Å². The Balaban J connectivity index is 1.55. The largest absolute Gasteiger partial charge is 0.494 e. The lowest BCUT2D eigenvalue weighted by Gasteiger charge is -2.29. The number of carbonyl (C=O) groups excluding carboxylic acids is 2. The number of primary amides is 1. The van der Waals surface area contributed by atoms with Gasteiger partial charge in [0.15, 0.2) is 0 Å². The number of ether oxygens (including phenoxy) is 1. The monoisotopic (exact) mass is 392 g/mol. The molecular formula is C22H24N4O3. The third kappa shape index (κ3) is 3.81. The number of rotatable bonds is 5. The molecule has 7 nitrogen and oxygen atoms in total. The van der Waals surface area contributed by atoms with Gasteiger partial charge in [-0.3, -0.25) is 14.6 Å². The fraction of sp³-hybridized carbons (Fsp3) is 0.318. The van der Waals surface area contributed by atoms with Gasteiger partial charge in [0.1, 0.15) is 17.5 Å². The predicted molar refractivity (Wildman–Crippen MR) is 111 cm³/mol. The normalized spacial score (nSPS) is 18.2. The van der Waals surface area contributed by atoms with Crippen LogP contribution < -0.4 is 15.5 Å². The van der Waals surface area contributed by atoms with E-state index in [-0.39, 0.29) is 12.3 Å². The second kappa shape index (κ2) is 7.95. The number of hydrogen-bond acceptors (Lipinski definition) is 5. The molecule has 4 rings (SSSR count). The molecule has 1 unspecified atom stereocenters. The number of nitrogens with zero attached hydrogens (tertiary/aromatic N) is 3. The van der Waals surface area contributed by atoms with Crippen molar-refractivity contribution in [3.05, 3.63) is 59.7 Å². The highest BCUT2D eigenvalue weighted by atomic mass is 16.5. The first-order valence-electron chi connectivity index (χ1n) is 9.81. The second-order valence-electron chi connectivity index (χ2n) is 7.19. The van der Waals surface area contributed by atoms with Crippen molar-refractivity contribution in [3.63, 3.8) is 0 Å². The Morgan fingerprint density at radius 2 is 1.97 bits per heavy atom. The lowest BCUT2D eigenvalue weighted by atomic mass is 9.98. The van der Waals surface area contributed by atoms with Crippen molar-refractivity contribution in [2.24, 2.45) is 10.8 Å². The fourth-order valence-electron chi connectivity index (χ4n) is 3.83. The summed E-state index contributed by atoms with van der Waals surface area (Å²) < 4.78 is 5.59. The number of carbonyl (C=O) groups is 2. The van der Waals surface area contributed by atoms with Crippen LogP contribution in [0.1, 0.15) is 24.5 Å². The highest BCUT2D eigenvalue weighted by molar-refractivity contribution is 6.40. The Hall–Kier alpha value is -3.35. The molecule has 2 aliphatic heterocycles. The smallest absolute Gasteiger partial charge is 0.270 e. The minimum absolute atomic E-state index is 0.151.